The number of ether oxygens (including phenoxy) is 1. The number of nitrogens with one attached hydrogen (secondary N) is 1. The van der Waals surface area contributed by atoms with Crippen LogP contribution in [0.5, 0.6) is 11.5 Å². The van der Waals surface area contributed by atoms with Gasteiger partial charge in [-0.15, -0.1) is 0 Å². The minimum atomic E-state index is -0.185. The molecule has 0 fully saturated rings. The van der Waals surface area contributed by atoms with Gasteiger partial charge in [0.05, 0.1) is 0 Å². The zero-order valence-electron chi connectivity index (χ0n) is 13.1. The highest BCUT2D eigenvalue weighted by Gasteiger charge is 2.01. The third-order valence-corrected chi connectivity index (χ3v) is 3.31. The van der Waals surface area contributed by atoms with Gasteiger partial charge in [-0.2, -0.15) is 0 Å². The van der Waals surface area contributed by atoms with E-state index in [9.17, 15) is 4.79 Å². The molecule has 3 aromatic carbocycles. The van der Waals surface area contributed by atoms with Gasteiger partial charge < -0.3 is 10.1 Å². The van der Waals surface area contributed by atoms with Crippen molar-refractivity contribution in [2.45, 2.75) is 0 Å². The molecule has 0 heterocycles. The largest absolute Gasteiger partial charge is 0.457 e. The van der Waals surface area contributed by atoms with Crippen molar-refractivity contribution in [1.29, 1.82) is 0 Å². The van der Waals surface area contributed by atoms with E-state index in [1.54, 1.807) is 12.1 Å². The molecule has 0 saturated heterocycles. The Hall–Kier alpha value is -3.33. The first-order chi connectivity index (χ1) is 11.8. The molecule has 3 aromatic rings. The molecule has 0 bridgehead atoms. The van der Waals surface area contributed by atoms with E-state index in [0.29, 0.717) is 11.4 Å². The summed E-state index contributed by atoms with van der Waals surface area (Å²) >= 11 is 0. The number of hydrogen-bond acceptors (Lipinski definition) is 2. The molecule has 0 aliphatic carbocycles. The lowest BCUT2D eigenvalue weighted by molar-refractivity contribution is -0.111. The third kappa shape index (κ3) is 4.58. The second-order valence-corrected chi connectivity index (χ2v) is 5.18. The van der Waals surface area contributed by atoms with Crippen molar-refractivity contribution in [3.05, 3.63) is 96.6 Å². The predicted molar refractivity (Wildman–Crippen MR) is 97.1 cm³/mol. The number of amides is 1. The molecule has 24 heavy (non-hydrogen) atoms. The van der Waals surface area contributed by atoms with Crippen molar-refractivity contribution < 1.29 is 9.53 Å². The van der Waals surface area contributed by atoms with Crippen LogP contribution in [0.4, 0.5) is 5.69 Å². The summed E-state index contributed by atoms with van der Waals surface area (Å²) in [6, 6.07) is 26.5. The van der Waals surface area contributed by atoms with Crippen molar-refractivity contribution in [2.75, 3.05) is 5.32 Å². The predicted octanol–water partition coefficient (Wildman–Crippen LogP) is 5.13. The Kier molecular flexibility index (Phi) is 5.05. The van der Waals surface area contributed by atoms with Gasteiger partial charge in [0, 0.05) is 17.8 Å². The lowest BCUT2D eigenvalue weighted by Crippen LogP contribution is -2.07. The molecular formula is C21H17NO2. The van der Waals surface area contributed by atoms with Gasteiger partial charge in [0.2, 0.25) is 5.91 Å². The molecule has 0 spiro atoms. The summed E-state index contributed by atoms with van der Waals surface area (Å²) in [5, 5.41) is 2.83. The zero-order chi connectivity index (χ0) is 16.6. The van der Waals surface area contributed by atoms with Crippen LogP contribution in [0.2, 0.25) is 0 Å². The van der Waals surface area contributed by atoms with Crippen LogP contribution in [0.3, 0.4) is 0 Å². The number of para-hydroxylation sites is 1. The lowest BCUT2D eigenvalue weighted by atomic mass is 10.2. The Balaban J connectivity index is 1.64. The summed E-state index contributed by atoms with van der Waals surface area (Å²) in [5.41, 5.74) is 1.67. The van der Waals surface area contributed by atoms with E-state index in [-0.39, 0.29) is 5.91 Å². The summed E-state index contributed by atoms with van der Waals surface area (Å²) in [7, 11) is 0. The molecule has 0 saturated carbocycles. The van der Waals surface area contributed by atoms with Crippen molar-refractivity contribution in [2.24, 2.45) is 0 Å². The molecule has 3 nitrogen and oxygen atoms in total. The van der Waals surface area contributed by atoms with Gasteiger partial charge in [-0.25, -0.2) is 0 Å². The SMILES string of the molecule is O=C(C=Cc1ccccc1)Nc1cccc(Oc2ccccc2)c1. The topological polar surface area (TPSA) is 38.3 Å². The van der Waals surface area contributed by atoms with Crippen LogP contribution in [0.1, 0.15) is 5.56 Å². The molecule has 0 radical (unpaired) electrons. The number of anilines is 1. The van der Waals surface area contributed by atoms with E-state index < -0.39 is 0 Å². The summed E-state index contributed by atoms with van der Waals surface area (Å²) in [4.78, 5) is 12.0. The van der Waals surface area contributed by atoms with Crippen LogP contribution in [-0.2, 0) is 4.79 Å². The van der Waals surface area contributed by atoms with Crippen molar-refractivity contribution in [3.63, 3.8) is 0 Å². The number of carbonyl (C=O) groups excluding carboxylic acids is 1. The monoisotopic (exact) mass is 315 g/mol. The Labute approximate surface area is 141 Å². The fourth-order valence-corrected chi connectivity index (χ4v) is 2.18. The van der Waals surface area contributed by atoms with E-state index in [2.05, 4.69) is 5.32 Å². The normalized spacial score (nSPS) is 10.5. The molecule has 0 aliphatic heterocycles. The Morgan fingerprint density at radius 3 is 2.21 bits per heavy atom. The first-order valence-corrected chi connectivity index (χ1v) is 7.67. The van der Waals surface area contributed by atoms with Crippen molar-refractivity contribution in [1.82, 2.24) is 0 Å². The van der Waals surface area contributed by atoms with Crippen LogP contribution < -0.4 is 10.1 Å². The summed E-state index contributed by atoms with van der Waals surface area (Å²) in [6.45, 7) is 0. The minimum absolute atomic E-state index is 0.185. The van der Waals surface area contributed by atoms with E-state index in [0.717, 1.165) is 11.3 Å². The van der Waals surface area contributed by atoms with Gasteiger partial charge in [0.15, 0.2) is 0 Å². The van der Waals surface area contributed by atoms with E-state index in [4.69, 9.17) is 4.74 Å². The molecule has 118 valence electrons. The summed E-state index contributed by atoms with van der Waals surface area (Å²) in [5.74, 6) is 1.24. The Morgan fingerprint density at radius 2 is 1.46 bits per heavy atom. The molecule has 0 unspecified atom stereocenters. The number of rotatable bonds is 5. The molecule has 1 amide bonds. The van der Waals surface area contributed by atoms with Crippen molar-refractivity contribution in [3.8, 4) is 11.5 Å². The highest BCUT2D eigenvalue weighted by molar-refractivity contribution is 6.02. The standard InChI is InChI=1S/C21H17NO2/c23-21(15-14-17-8-3-1-4-9-17)22-18-10-7-13-20(16-18)24-19-11-5-2-6-12-19/h1-16H,(H,22,23). The van der Waals surface area contributed by atoms with E-state index >= 15 is 0 Å². The molecule has 3 rings (SSSR count). The summed E-state index contributed by atoms with van der Waals surface area (Å²) < 4.78 is 5.76. The Bertz CT molecular complexity index is 827. The fourth-order valence-electron chi connectivity index (χ4n) is 2.18. The second kappa shape index (κ2) is 7.79. The number of hydrogen-bond donors (Lipinski definition) is 1. The first kappa shape index (κ1) is 15.6. The molecular weight excluding hydrogens is 298 g/mol. The van der Waals surface area contributed by atoms with E-state index in [1.807, 2.05) is 78.9 Å². The average Bonchev–Trinajstić information content (AvgIpc) is 2.62. The van der Waals surface area contributed by atoms with Crippen LogP contribution >= 0.6 is 0 Å². The summed E-state index contributed by atoms with van der Waals surface area (Å²) in [6.07, 6.45) is 3.29. The fraction of sp³-hybridized carbons (Fsp3) is 0. The van der Waals surface area contributed by atoms with E-state index in [1.165, 1.54) is 6.08 Å². The maximum Gasteiger partial charge on any atom is 0.248 e. The maximum absolute atomic E-state index is 12.0. The molecule has 0 atom stereocenters. The lowest BCUT2D eigenvalue weighted by Gasteiger charge is -2.08. The van der Waals surface area contributed by atoms with Crippen LogP contribution in [-0.4, -0.2) is 5.91 Å². The number of carbonyl (C=O) groups is 1. The highest BCUT2D eigenvalue weighted by atomic mass is 16.5. The van der Waals surface area contributed by atoms with Crippen LogP contribution in [0.25, 0.3) is 6.08 Å². The highest BCUT2D eigenvalue weighted by Crippen LogP contribution is 2.23. The average molecular weight is 315 g/mol. The van der Waals surface area contributed by atoms with Gasteiger partial charge >= 0.3 is 0 Å². The van der Waals surface area contributed by atoms with Gasteiger partial charge in [-0.3, -0.25) is 4.79 Å². The maximum atomic E-state index is 12.0. The van der Waals surface area contributed by atoms with Crippen molar-refractivity contribution >= 4 is 17.7 Å². The van der Waals surface area contributed by atoms with Crippen LogP contribution in [0.15, 0.2) is 91.0 Å². The van der Waals surface area contributed by atoms with Crippen LogP contribution in [0, 0.1) is 0 Å². The number of benzene rings is 3. The second-order valence-electron chi connectivity index (χ2n) is 5.18. The van der Waals surface area contributed by atoms with Gasteiger partial charge in [-0.1, -0.05) is 54.6 Å². The smallest absolute Gasteiger partial charge is 0.248 e. The Morgan fingerprint density at radius 1 is 0.792 bits per heavy atom. The molecule has 0 aliphatic rings. The van der Waals surface area contributed by atoms with Gasteiger partial charge in [-0.05, 0) is 35.9 Å². The van der Waals surface area contributed by atoms with Gasteiger partial charge in [0.25, 0.3) is 0 Å². The molecule has 1 N–H and O–H groups in total. The van der Waals surface area contributed by atoms with Gasteiger partial charge in [0.1, 0.15) is 11.5 Å². The quantitative estimate of drug-likeness (QED) is 0.663. The third-order valence-electron chi connectivity index (χ3n) is 3.31. The minimum Gasteiger partial charge on any atom is -0.457 e. The zero-order valence-corrected chi connectivity index (χ0v) is 13.1. The molecule has 3 heteroatoms. The molecule has 0 aromatic heterocycles. The first-order valence-electron chi connectivity index (χ1n) is 7.67.